The van der Waals surface area contributed by atoms with Crippen molar-refractivity contribution in [1.29, 1.82) is 0 Å². The second-order valence-electron chi connectivity index (χ2n) is 5.86. The predicted molar refractivity (Wildman–Crippen MR) is 102 cm³/mol. The molecule has 0 aliphatic heterocycles. The summed E-state index contributed by atoms with van der Waals surface area (Å²) in [5.41, 5.74) is 1.86. The lowest BCUT2D eigenvalue weighted by Crippen LogP contribution is -2.30. The first-order valence-electron chi connectivity index (χ1n) is 7.87. The zero-order chi connectivity index (χ0) is 18.7. The van der Waals surface area contributed by atoms with Crippen LogP contribution in [0.5, 0.6) is 0 Å². The van der Waals surface area contributed by atoms with Gasteiger partial charge in [0.2, 0.25) is 5.91 Å². The molecule has 0 bridgehead atoms. The summed E-state index contributed by atoms with van der Waals surface area (Å²) in [5.74, 6) is -0.331. The molecular weight excluding hydrogens is 352 g/mol. The first-order valence-corrected chi connectivity index (χ1v) is 8.69. The van der Waals surface area contributed by atoms with E-state index in [0.29, 0.717) is 11.4 Å². The normalized spacial score (nSPS) is 10.6. The molecule has 3 rings (SSSR count). The SMILES string of the molecule is Cc1nnc(-c2cccc(NC(=O)Cn3ncc(N(C)C)cc3=O)c2)s1. The molecule has 0 saturated carbocycles. The summed E-state index contributed by atoms with van der Waals surface area (Å²) < 4.78 is 1.13. The minimum absolute atomic E-state index is 0.158. The van der Waals surface area contributed by atoms with E-state index < -0.39 is 0 Å². The molecular formula is C17H18N6O2S. The topological polar surface area (TPSA) is 93.0 Å². The average Bonchev–Trinajstić information content (AvgIpc) is 3.03. The molecule has 0 unspecified atom stereocenters. The van der Waals surface area contributed by atoms with Crippen molar-refractivity contribution in [2.24, 2.45) is 0 Å². The standard InChI is InChI=1S/C17H18N6O2S/c1-11-20-21-17(26-11)12-5-4-6-13(7-12)19-15(24)10-23-16(25)8-14(9-18-23)22(2)3/h4-9H,10H2,1-3H3,(H,19,24). The van der Waals surface area contributed by atoms with Gasteiger partial charge in [-0.1, -0.05) is 23.5 Å². The Morgan fingerprint density at radius 2 is 2.08 bits per heavy atom. The van der Waals surface area contributed by atoms with Crippen LogP contribution in [-0.4, -0.2) is 40.0 Å². The second kappa shape index (κ2) is 7.44. The maximum absolute atomic E-state index is 12.3. The van der Waals surface area contributed by atoms with E-state index in [0.717, 1.165) is 20.3 Å². The quantitative estimate of drug-likeness (QED) is 0.736. The largest absolute Gasteiger partial charge is 0.376 e. The molecule has 0 radical (unpaired) electrons. The Kier molecular flexibility index (Phi) is 5.08. The van der Waals surface area contributed by atoms with Crippen LogP contribution < -0.4 is 15.8 Å². The maximum atomic E-state index is 12.3. The van der Waals surface area contributed by atoms with E-state index in [1.807, 2.05) is 39.2 Å². The first-order chi connectivity index (χ1) is 12.4. The van der Waals surface area contributed by atoms with Crippen LogP contribution >= 0.6 is 11.3 Å². The highest BCUT2D eigenvalue weighted by Gasteiger charge is 2.09. The molecule has 0 aliphatic carbocycles. The van der Waals surface area contributed by atoms with Gasteiger partial charge in [-0.15, -0.1) is 10.2 Å². The second-order valence-corrected chi connectivity index (χ2v) is 7.04. The minimum Gasteiger partial charge on any atom is -0.376 e. The van der Waals surface area contributed by atoms with Crippen molar-refractivity contribution < 1.29 is 4.79 Å². The van der Waals surface area contributed by atoms with Gasteiger partial charge in [0.1, 0.15) is 16.6 Å². The van der Waals surface area contributed by atoms with Crippen LogP contribution in [0.3, 0.4) is 0 Å². The first kappa shape index (κ1) is 17.7. The summed E-state index contributed by atoms with van der Waals surface area (Å²) in [6.07, 6.45) is 1.55. The molecule has 1 N–H and O–H groups in total. The smallest absolute Gasteiger partial charge is 0.269 e. The Labute approximate surface area is 154 Å². The monoisotopic (exact) mass is 370 g/mol. The molecule has 0 atom stereocenters. The number of nitrogens with zero attached hydrogens (tertiary/aromatic N) is 5. The number of nitrogens with one attached hydrogen (secondary N) is 1. The van der Waals surface area contributed by atoms with Crippen molar-refractivity contribution in [3.63, 3.8) is 0 Å². The van der Waals surface area contributed by atoms with Crippen LogP contribution in [0.15, 0.2) is 41.3 Å². The van der Waals surface area contributed by atoms with Gasteiger partial charge in [-0.05, 0) is 19.1 Å². The van der Waals surface area contributed by atoms with E-state index >= 15 is 0 Å². The summed E-state index contributed by atoms with van der Waals surface area (Å²) in [6, 6.07) is 8.78. The molecule has 2 heterocycles. The highest BCUT2D eigenvalue weighted by molar-refractivity contribution is 7.14. The lowest BCUT2D eigenvalue weighted by atomic mass is 10.2. The highest BCUT2D eigenvalue weighted by atomic mass is 32.1. The van der Waals surface area contributed by atoms with E-state index in [9.17, 15) is 9.59 Å². The number of amides is 1. The number of aryl methyl sites for hydroxylation is 1. The summed E-state index contributed by atoms with van der Waals surface area (Å²) >= 11 is 1.48. The van der Waals surface area contributed by atoms with Gasteiger partial charge in [-0.2, -0.15) is 5.10 Å². The van der Waals surface area contributed by atoms with E-state index in [4.69, 9.17) is 0 Å². The van der Waals surface area contributed by atoms with Gasteiger partial charge in [0.05, 0.1) is 11.9 Å². The van der Waals surface area contributed by atoms with Crippen LogP contribution in [0.1, 0.15) is 5.01 Å². The summed E-state index contributed by atoms with van der Waals surface area (Å²) in [4.78, 5) is 26.1. The Balaban J connectivity index is 1.72. The molecule has 26 heavy (non-hydrogen) atoms. The third-order valence-corrected chi connectivity index (χ3v) is 4.47. The van der Waals surface area contributed by atoms with Crippen molar-refractivity contribution in [1.82, 2.24) is 20.0 Å². The molecule has 9 heteroatoms. The van der Waals surface area contributed by atoms with E-state index in [2.05, 4.69) is 20.6 Å². The van der Waals surface area contributed by atoms with Gasteiger partial charge >= 0.3 is 0 Å². The lowest BCUT2D eigenvalue weighted by molar-refractivity contribution is -0.117. The Hall–Kier alpha value is -3.07. The van der Waals surface area contributed by atoms with Crippen molar-refractivity contribution in [2.75, 3.05) is 24.3 Å². The fourth-order valence-electron chi connectivity index (χ4n) is 2.27. The predicted octanol–water partition coefficient (Wildman–Crippen LogP) is 1.77. The van der Waals surface area contributed by atoms with E-state index in [1.54, 1.807) is 17.2 Å². The van der Waals surface area contributed by atoms with Crippen LogP contribution in [0.2, 0.25) is 0 Å². The Bertz CT molecular complexity index is 995. The highest BCUT2D eigenvalue weighted by Crippen LogP contribution is 2.25. The van der Waals surface area contributed by atoms with Crippen molar-refractivity contribution >= 4 is 28.6 Å². The molecule has 1 amide bonds. The zero-order valence-electron chi connectivity index (χ0n) is 14.6. The molecule has 3 aromatic rings. The third kappa shape index (κ3) is 4.12. The van der Waals surface area contributed by atoms with Gasteiger partial charge in [0, 0.05) is 31.4 Å². The summed E-state index contributed by atoms with van der Waals surface area (Å²) in [7, 11) is 3.64. The molecule has 8 nitrogen and oxygen atoms in total. The van der Waals surface area contributed by atoms with Crippen molar-refractivity contribution in [2.45, 2.75) is 13.5 Å². The summed E-state index contributed by atoms with van der Waals surface area (Å²) in [6.45, 7) is 1.73. The molecule has 1 aromatic carbocycles. The number of benzene rings is 1. The number of hydrogen-bond acceptors (Lipinski definition) is 7. The van der Waals surface area contributed by atoms with Crippen LogP contribution in [0.25, 0.3) is 10.6 Å². The Morgan fingerprint density at radius 3 is 2.73 bits per heavy atom. The fraction of sp³-hybridized carbons (Fsp3) is 0.235. The van der Waals surface area contributed by atoms with E-state index in [1.165, 1.54) is 17.4 Å². The molecule has 0 fully saturated rings. The molecule has 134 valence electrons. The van der Waals surface area contributed by atoms with E-state index in [-0.39, 0.29) is 18.0 Å². The van der Waals surface area contributed by atoms with Gasteiger partial charge in [0.25, 0.3) is 5.56 Å². The molecule has 2 aromatic heterocycles. The number of aromatic nitrogens is 4. The zero-order valence-corrected chi connectivity index (χ0v) is 15.4. The van der Waals surface area contributed by atoms with Crippen LogP contribution in [-0.2, 0) is 11.3 Å². The number of carbonyl (C=O) groups is 1. The van der Waals surface area contributed by atoms with Crippen molar-refractivity contribution in [3.8, 4) is 10.6 Å². The number of hydrogen-bond donors (Lipinski definition) is 1. The Morgan fingerprint density at radius 1 is 1.27 bits per heavy atom. The van der Waals surface area contributed by atoms with Gasteiger partial charge in [-0.25, -0.2) is 4.68 Å². The number of carbonyl (C=O) groups excluding carboxylic acids is 1. The van der Waals surface area contributed by atoms with Gasteiger partial charge < -0.3 is 10.2 Å². The van der Waals surface area contributed by atoms with Crippen LogP contribution in [0, 0.1) is 6.92 Å². The van der Waals surface area contributed by atoms with Crippen LogP contribution in [0.4, 0.5) is 11.4 Å². The lowest BCUT2D eigenvalue weighted by Gasteiger charge is -2.12. The van der Waals surface area contributed by atoms with Crippen molar-refractivity contribution in [3.05, 3.63) is 51.9 Å². The van der Waals surface area contributed by atoms with Gasteiger partial charge in [0.15, 0.2) is 0 Å². The maximum Gasteiger partial charge on any atom is 0.269 e. The minimum atomic E-state index is -0.331. The molecule has 0 aliphatic rings. The number of anilines is 2. The third-order valence-electron chi connectivity index (χ3n) is 3.58. The fourth-order valence-corrected chi connectivity index (χ4v) is 2.96. The van der Waals surface area contributed by atoms with Gasteiger partial charge in [-0.3, -0.25) is 9.59 Å². The molecule has 0 saturated heterocycles. The average molecular weight is 370 g/mol. The summed E-state index contributed by atoms with van der Waals surface area (Å²) in [5, 5.41) is 16.6. The molecule has 0 spiro atoms. The number of rotatable bonds is 5.